The van der Waals surface area contributed by atoms with E-state index in [4.69, 9.17) is 4.74 Å². The lowest BCUT2D eigenvalue weighted by molar-refractivity contribution is 0.0593. The Kier molecular flexibility index (Phi) is 5.32. The van der Waals surface area contributed by atoms with Gasteiger partial charge >= 0.3 is 5.97 Å². The monoisotopic (exact) mass is 285 g/mol. The number of aromatic nitrogens is 1. The van der Waals surface area contributed by atoms with Crippen LogP contribution < -0.4 is 4.74 Å². The maximum Gasteiger partial charge on any atom is 0.356 e. The molecule has 0 amide bonds. The highest BCUT2D eigenvalue weighted by Gasteiger charge is 2.07. The first-order valence-electron chi connectivity index (χ1n) is 6.99. The number of pyridine rings is 1. The summed E-state index contributed by atoms with van der Waals surface area (Å²) in [6.45, 7) is 2.47. The van der Waals surface area contributed by atoms with E-state index < -0.39 is 5.97 Å². The standard InChI is InChI=1S/C17H19NO3/c1-3-5-13-8-10-15(11-9-13)21-12-14-6-4-7-16(18-14)17(19)20-2/h4,6-11H,3,5,12H2,1-2H3. The highest BCUT2D eigenvalue weighted by molar-refractivity contribution is 5.87. The highest BCUT2D eigenvalue weighted by Crippen LogP contribution is 2.15. The second-order valence-corrected chi connectivity index (χ2v) is 4.69. The maximum absolute atomic E-state index is 11.4. The van der Waals surface area contributed by atoms with Crippen LogP contribution in [0.4, 0.5) is 0 Å². The number of hydrogen-bond acceptors (Lipinski definition) is 4. The number of benzene rings is 1. The number of rotatable bonds is 6. The Balaban J connectivity index is 1.97. The molecule has 0 atom stereocenters. The predicted molar refractivity (Wildman–Crippen MR) is 80.3 cm³/mol. The summed E-state index contributed by atoms with van der Waals surface area (Å²) in [5.74, 6) is 0.348. The molecule has 0 saturated carbocycles. The van der Waals surface area contributed by atoms with Crippen molar-refractivity contribution in [2.45, 2.75) is 26.4 Å². The molecule has 0 radical (unpaired) electrons. The predicted octanol–water partition coefficient (Wildman–Crippen LogP) is 3.40. The van der Waals surface area contributed by atoms with Gasteiger partial charge in [-0.3, -0.25) is 0 Å². The smallest absolute Gasteiger partial charge is 0.356 e. The molecule has 0 bridgehead atoms. The number of carbonyl (C=O) groups excluding carboxylic acids is 1. The molecule has 4 nitrogen and oxygen atoms in total. The van der Waals surface area contributed by atoms with Gasteiger partial charge in [0.15, 0.2) is 0 Å². The minimum absolute atomic E-state index is 0.289. The summed E-state index contributed by atoms with van der Waals surface area (Å²) in [5.41, 5.74) is 2.28. The van der Waals surface area contributed by atoms with E-state index in [-0.39, 0.29) is 5.69 Å². The van der Waals surface area contributed by atoms with E-state index >= 15 is 0 Å². The molecule has 2 aromatic rings. The van der Waals surface area contributed by atoms with E-state index in [1.54, 1.807) is 12.1 Å². The van der Waals surface area contributed by atoms with E-state index in [0.29, 0.717) is 12.3 Å². The Bertz CT molecular complexity index is 593. The van der Waals surface area contributed by atoms with Crippen molar-refractivity contribution in [1.29, 1.82) is 0 Å². The second kappa shape index (κ2) is 7.43. The lowest BCUT2D eigenvalue weighted by Gasteiger charge is -2.07. The van der Waals surface area contributed by atoms with E-state index in [1.165, 1.54) is 12.7 Å². The normalized spacial score (nSPS) is 10.2. The van der Waals surface area contributed by atoms with Crippen LogP contribution in [0.15, 0.2) is 42.5 Å². The average molecular weight is 285 g/mol. The van der Waals surface area contributed by atoms with Crippen molar-refractivity contribution >= 4 is 5.97 Å². The minimum Gasteiger partial charge on any atom is -0.487 e. The van der Waals surface area contributed by atoms with E-state index in [0.717, 1.165) is 18.6 Å². The van der Waals surface area contributed by atoms with Crippen molar-refractivity contribution in [2.75, 3.05) is 7.11 Å². The lowest BCUT2D eigenvalue weighted by Crippen LogP contribution is -2.07. The fourth-order valence-corrected chi connectivity index (χ4v) is 1.98. The molecule has 0 aliphatic rings. The van der Waals surface area contributed by atoms with Gasteiger partial charge in [-0.2, -0.15) is 0 Å². The van der Waals surface area contributed by atoms with Gasteiger partial charge in [-0.1, -0.05) is 31.5 Å². The number of nitrogens with zero attached hydrogens (tertiary/aromatic N) is 1. The Morgan fingerprint density at radius 3 is 2.57 bits per heavy atom. The fourth-order valence-electron chi connectivity index (χ4n) is 1.98. The molecule has 1 heterocycles. The number of methoxy groups -OCH3 is 1. The number of ether oxygens (including phenoxy) is 2. The summed E-state index contributed by atoms with van der Waals surface area (Å²) in [7, 11) is 1.34. The molecule has 2 rings (SSSR count). The molecule has 0 fully saturated rings. The van der Waals surface area contributed by atoms with Crippen molar-refractivity contribution in [1.82, 2.24) is 4.98 Å². The maximum atomic E-state index is 11.4. The molecule has 0 spiro atoms. The molecule has 4 heteroatoms. The zero-order valence-electron chi connectivity index (χ0n) is 12.3. The van der Waals surface area contributed by atoms with Gasteiger partial charge in [-0.15, -0.1) is 0 Å². The van der Waals surface area contributed by atoms with E-state index in [2.05, 4.69) is 28.8 Å². The fraction of sp³-hybridized carbons (Fsp3) is 0.294. The van der Waals surface area contributed by atoms with E-state index in [1.807, 2.05) is 18.2 Å². The molecule has 0 unspecified atom stereocenters. The summed E-state index contributed by atoms with van der Waals surface area (Å²) < 4.78 is 10.3. The van der Waals surface area contributed by atoms with Gasteiger partial charge in [0, 0.05) is 0 Å². The second-order valence-electron chi connectivity index (χ2n) is 4.69. The Morgan fingerprint density at radius 1 is 1.14 bits per heavy atom. The summed E-state index contributed by atoms with van der Waals surface area (Å²) in [6.07, 6.45) is 2.20. The first-order chi connectivity index (χ1) is 10.2. The Hall–Kier alpha value is -2.36. The van der Waals surface area contributed by atoms with Crippen LogP contribution >= 0.6 is 0 Å². The lowest BCUT2D eigenvalue weighted by atomic mass is 10.1. The van der Waals surface area contributed by atoms with Gasteiger partial charge in [0.1, 0.15) is 18.1 Å². The zero-order chi connectivity index (χ0) is 15.1. The molecule has 21 heavy (non-hydrogen) atoms. The molecule has 0 aliphatic heterocycles. The van der Waals surface area contributed by atoms with Crippen LogP contribution in [-0.2, 0) is 17.8 Å². The topological polar surface area (TPSA) is 48.4 Å². The zero-order valence-corrected chi connectivity index (χ0v) is 12.3. The Labute approximate surface area is 124 Å². The van der Waals surface area contributed by atoms with Crippen LogP contribution in [0.5, 0.6) is 5.75 Å². The summed E-state index contributed by atoms with van der Waals surface area (Å²) in [6, 6.07) is 13.2. The van der Waals surface area contributed by atoms with Crippen LogP contribution in [0.3, 0.4) is 0 Å². The number of esters is 1. The molecule has 1 aromatic heterocycles. The van der Waals surface area contributed by atoms with Gasteiger partial charge in [0.2, 0.25) is 0 Å². The first kappa shape index (κ1) is 15.0. The SMILES string of the molecule is CCCc1ccc(OCc2cccc(C(=O)OC)n2)cc1. The molecule has 1 aromatic carbocycles. The number of aryl methyl sites for hydroxylation is 1. The van der Waals surface area contributed by atoms with Crippen LogP contribution in [0, 0.1) is 0 Å². The van der Waals surface area contributed by atoms with Crippen molar-refractivity contribution in [3.63, 3.8) is 0 Å². The largest absolute Gasteiger partial charge is 0.487 e. The molecular formula is C17H19NO3. The third-order valence-electron chi connectivity index (χ3n) is 3.05. The average Bonchev–Trinajstić information content (AvgIpc) is 2.54. The van der Waals surface area contributed by atoms with Crippen molar-refractivity contribution < 1.29 is 14.3 Å². The Morgan fingerprint density at radius 2 is 1.90 bits per heavy atom. The van der Waals surface area contributed by atoms with Crippen molar-refractivity contribution in [2.24, 2.45) is 0 Å². The van der Waals surface area contributed by atoms with Crippen LogP contribution in [0.2, 0.25) is 0 Å². The summed E-state index contributed by atoms with van der Waals surface area (Å²) >= 11 is 0. The molecule has 110 valence electrons. The molecule has 0 aliphatic carbocycles. The first-order valence-corrected chi connectivity index (χ1v) is 6.99. The third kappa shape index (κ3) is 4.31. The van der Waals surface area contributed by atoms with Crippen LogP contribution in [0.1, 0.15) is 35.1 Å². The van der Waals surface area contributed by atoms with Crippen LogP contribution in [-0.4, -0.2) is 18.1 Å². The van der Waals surface area contributed by atoms with Gasteiger partial charge in [0.05, 0.1) is 12.8 Å². The minimum atomic E-state index is -0.444. The number of hydrogen-bond donors (Lipinski definition) is 0. The van der Waals surface area contributed by atoms with Crippen LogP contribution in [0.25, 0.3) is 0 Å². The molecule has 0 N–H and O–H groups in total. The number of carbonyl (C=O) groups is 1. The third-order valence-corrected chi connectivity index (χ3v) is 3.05. The van der Waals surface area contributed by atoms with Gasteiger partial charge in [0.25, 0.3) is 0 Å². The molecule has 0 saturated heterocycles. The highest BCUT2D eigenvalue weighted by atomic mass is 16.5. The molecular weight excluding hydrogens is 266 g/mol. The van der Waals surface area contributed by atoms with Gasteiger partial charge in [-0.05, 0) is 36.2 Å². The van der Waals surface area contributed by atoms with Gasteiger partial charge in [-0.25, -0.2) is 9.78 Å². The summed E-state index contributed by atoms with van der Waals surface area (Å²) in [4.78, 5) is 15.6. The quantitative estimate of drug-likeness (QED) is 0.763. The van der Waals surface area contributed by atoms with Gasteiger partial charge < -0.3 is 9.47 Å². The van der Waals surface area contributed by atoms with Crippen molar-refractivity contribution in [3.05, 3.63) is 59.4 Å². The van der Waals surface area contributed by atoms with E-state index in [9.17, 15) is 4.79 Å². The summed E-state index contributed by atoms with van der Waals surface area (Å²) in [5, 5.41) is 0. The van der Waals surface area contributed by atoms with Crippen molar-refractivity contribution in [3.8, 4) is 5.75 Å².